The van der Waals surface area contributed by atoms with Gasteiger partial charge in [0, 0.05) is 0 Å². The average molecular weight is 330 g/mol. The molecule has 0 atom stereocenters. The maximum Gasteiger partial charge on any atom is 0.338 e. The van der Waals surface area contributed by atoms with Gasteiger partial charge in [-0.25, -0.2) is 4.79 Å². The molecule has 5 nitrogen and oxygen atoms in total. The molecule has 25 heavy (non-hydrogen) atoms. The van der Waals surface area contributed by atoms with Gasteiger partial charge in [0.1, 0.15) is 6.07 Å². The fourth-order valence-electron chi connectivity index (χ4n) is 2.41. The van der Waals surface area contributed by atoms with Gasteiger partial charge >= 0.3 is 5.97 Å². The molecule has 0 aliphatic rings. The molecular formula is C20H14N2O3. The Morgan fingerprint density at radius 2 is 1.68 bits per heavy atom. The van der Waals surface area contributed by atoms with E-state index in [-0.39, 0.29) is 0 Å². The lowest BCUT2D eigenvalue weighted by atomic mass is 10.1. The van der Waals surface area contributed by atoms with Gasteiger partial charge in [0.2, 0.25) is 0 Å². The fourth-order valence-corrected chi connectivity index (χ4v) is 2.41. The highest BCUT2D eigenvalue weighted by Crippen LogP contribution is 2.16. The zero-order chi connectivity index (χ0) is 17.6. The van der Waals surface area contributed by atoms with Crippen LogP contribution in [0, 0.1) is 11.3 Å². The second-order valence-electron chi connectivity index (χ2n) is 5.34. The third-order valence-corrected chi connectivity index (χ3v) is 3.64. The van der Waals surface area contributed by atoms with Crippen molar-refractivity contribution < 1.29 is 14.3 Å². The second kappa shape index (κ2) is 7.28. The summed E-state index contributed by atoms with van der Waals surface area (Å²) in [6, 6.07) is 21.5. The van der Waals surface area contributed by atoms with Crippen LogP contribution < -0.4 is 5.32 Å². The average Bonchev–Trinajstić information content (AvgIpc) is 2.66. The number of anilines is 1. The number of nitrogens with zero attached hydrogens (tertiary/aromatic N) is 1. The molecule has 0 fully saturated rings. The van der Waals surface area contributed by atoms with Crippen LogP contribution in [0.15, 0.2) is 66.7 Å². The first kappa shape index (κ1) is 16.2. The maximum absolute atomic E-state index is 12.1. The molecule has 0 heterocycles. The fraction of sp³-hybridized carbons (Fsp3) is 0.0500. The number of ether oxygens (including phenoxy) is 1. The number of fused-ring (bicyclic) bond motifs is 1. The molecule has 5 heteroatoms. The lowest BCUT2D eigenvalue weighted by Gasteiger charge is -2.08. The van der Waals surface area contributed by atoms with Crippen molar-refractivity contribution in [3.8, 4) is 6.07 Å². The van der Waals surface area contributed by atoms with E-state index >= 15 is 0 Å². The number of esters is 1. The molecule has 0 radical (unpaired) electrons. The van der Waals surface area contributed by atoms with Crippen molar-refractivity contribution in [1.29, 1.82) is 5.26 Å². The maximum atomic E-state index is 12.1. The van der Waals surface area contributed by atoms with Gasteiger partial charge in [-0.15, -0.1) is 0 Å². The summed E-state index contributed by atoms with van der Waals surface area (Å²) < 4.78 is 5.05. The van der Waals surface area contributed by atoms with E-state index in [0.29, 0.717) is 16.8 Å². The van der Waals surface area contributed by atoms with E-state index in [4.69, 9.17) is 10.00 Å². The van der Waals surface area contributed by atoms with Crippen molar-refractivity contribution >= 4 is 28.3 Å². The Balaban J connectivity index is 1.63. The molecule has 0 bridgehead atoms. The third-order valence-electron chi connectivity index (χ3n) is 3.64. The number of nitrogens with one attached hydrogen (secondary N) is 1. The van der Waals surface area contributed by atoms with Crippen LogP contribution in [0.2, 0.25) is 0 Å². The van der Waals surface area contributed by atoms with Gasteiger partial charge in [0.15, 0.2) is 6.61 Å². The van der Waals surface area contributed by atoms with E-state index in [0.717, 1.165) is 10.8 Å². The van der Waals surface area contributed by atoms with Gasteiger partial charge in [0.25, 0.3) is 5.91 Å². The van der Waals surface area contributed by atoms with E-state index in [1.54, 1.807) is 36.4 Å². The summed E-state index contributed by atoms with van der Waals surface area (Å²) >= 11 is 0. The molecule has 0 spiro atoms. The van der Waals surface area contributed by atoms with Gasteiger partial charge in [-0.05, 0) is 35.0 Å². The van der Waals surface area contributed by atoms with Crippen molar-refractivity contribution in [2.24, 2.45) is 0 Å². The summed E-state index contributed by atoms with van der Waals surface area (Å²) in [6.07, 6.45) is 0. The zero-order valence-electron chi connectivity index (χ0n) is 13.2. The number of hydrogen-bond acceptors (Lipinski definition) is 4. The van der Waals surface area contributed by atoms with Crippen LogP contribution in [0.25, 0.3) is 10.8 Å². The van der Waals surface area contributed by atoms with Crippen molar-refractivity contribution in [3.63, 3.8) is 0 Å². The van der Waals surface area contributed by atoms with Crippen molar-refractivity contribution in [2.45, 2.75) is 0 Å². The molecular weight excluding hydrogens is 316 g/mol. The van der Waals surface area contributed by atoms with E-state index in [1.165, 1.54) is 0 Å². The van der Waals surface area contributed by atoms with Crippen LogP contribution in [-0.4, -0.2) is 18.5 Å². The predicted molar refractivity (Wildman–Crippen MR) is 94.0 cm³/mol. The number of carbonyl (C=O) groups excluding carboxylic acids is 2. The SMILES string of the molecule is N#Cc1ccccc1NC(=O)COC(=O)c1ccc2ccccc2c1. The molecule has 3 aromatic rings. The summed E-state index contributed by atoms with van der Waals surface area (Å²) in [7, 11) is 0. The molecule has 122 valence electrons. The van der Waals surface area contributed by atoms with Gasteiger partial charge in [-0.1, -0.05) is 42.5 Å². The van der Waals surface area contributed by atoms with Crippen LogP contribution in [0.4, 0.5) is 5.69 Å². The van der Waals surface area contributed by atoms with Crippen LogP contribution in [0.5, 0.6) is 0 Å². The van der Waals surface area contributed by atoms with Gasteiger partial charge in [-0.3, -0.25) is 4.79 Å². The normalized spacial score (nSPS) is 10.0. The topological polar surface area (TPSA) is 79.2 Å². The summed E-state index contributed by atoms with van der Waals surface area (Å²) in [5.41, 5.74) is 1.11. The third kappa shape index (κ3) is 3.82. The Bertz CT molecular complexity index is 989. The van der Waals surface area contributed by atoms with Crippen LogP contribution >= 0.6 is 0 Å². The van der Waals surface area contributed by atoms with Gasteiger partial charge < -0.3 is 10.1 Å². The minimum atomic E-state index is -0.575. The molecule has 1 amide bonds. The zero-order valence-corrected chi connectivity index (χ0v) is 13.2. The first-order valence-corrected chi connectivity index (χ1v) is 7.62. The largest absolute Gasteiger partial charge is 0.452 e. The smallest absolute Gasteiger partial charge is 0.338 e. The summed E-state index contributed by atoms with van der Waals surface area (Å²) in [5, 5.41) is 13.5. The quantitative estimate of drug-likeness (QED) is 0.743. The molecule has 0 saturated heterocycles. The second-order valence-corrected chi connectivity index (χ2v) is 5.34. The van der Waals surface area contributed by atoms with Crippen molar-refractivity contribution in [3.05, 3.63) is 77.9 Å². The number of carbonyl (C=O) groups is 2. The molecule has 0 saturated carbocycles. The molecule has 0 aliphatic heterocycles. The van der Waals surface area contributed by atoms with Crippen molar-refractivity contribution in [1.82, 2.24) is 0 Å². The molecule has 0 aliphatic carbocycles. The molecule has 0 unspecified atom stereocenters. The van der Waals surface area contributed by atoms with E-state index < -0.39 is 18.5 Å². The molecule has 1 N–H and O–H groups in total. The lowest BCUT2D eigenvalue weighted by molar-refractivity contribution is -0.119. The standard InChI is InChI=1S/C20H14N2O3/c21-12-17-7-3-4-8-18(17)22-19(23)13-25-20(24)16-10-9-14-5-1-2-6-15(14)11-16/h1-11H,13H2,(H,22,23). The highest BCUT2D eigenvalue weighted by molar-refractivity contribution is 5.98. The van der Waals surface area contributed by atoms with Crippen molar-refractivity contribution in [2.75, 3.05) is 11.9 Å². The monoisotopic (exact) mass is 330 g/mol. The minimum Gasteiger partial charge on any atom is -0.452 e. The van der Waals surface area contributed by atoms with Crippen LogP contribution in [0.1, 0.15) is 15.9 Å². The number of benzene rings is 3. The number of nitriles is 1. The predicted octanol–water partition coefficient (Wildman–Crippen LogP) is 3.51. The number of rotatable bonds is 4. The summed E-state index contributed by atoms with van der Waals surface area (Å²) in [5.74, 6) is -1.08. The molecule has 3 rings (SSSR count). The number of para-hydroxylation sites is 1. The molecule has 3 aromatic carbocycles. The highest BCUT2D eigenvalue weighted by Gasteiger charge is 2.12. The molecule has 0 aromatic heterocycles. The van der Waals surface area contributed by atoms with E-state index in [1.807, 2.05) is 36.4 Å². The summed E-state index contributed by atoms with van der Waals surface area (Å²) in [6.45, 7) is -0.425. The summed E-state index contributed by atoms with van der Waals surface area (Å²) in [4.78, 5) is 24.0. The van der Waals surface area contributed by atoms with Gasteiger partial charge in [-0.2, -0.15) is 5.26 Å². The Kier molecular flexibility index (Phi) is 4.72. The Labute approximate surface area is 144 Å². The Morgan fingerprint density at radius 3 is 2.48 bits per heavy atom. The first-order valence-electron chi connectivity index (χ1n) is 7.62. The Morgan fingerprint density at radius 1 is 0.960 bits per heavy atom. The Hall–Kier alpha value is -3.65. The van der Waals surface area contributed by atoms with E-state index in [9.17, 15) is 9.59 Å². The van der Waals surface area contributed by atoms with Gasteiger partial charge in [0.05, 0.1) is 16.8 Å². The van der Waals surface area contributed by atoms with Crippen LogP contribution in [0.3, 0.4) is 0 Å². The lowest BCUT2D eigenvalue weighted by Crippen LogP contribution is -2.21. The highest BCUT2D eigenvalue weighted by atomic mass is 16.5. The number of hydrogen-bond donors (Lipinski definition) is 1. The first-order chi connectivity index (χ1) is 12.2. The number of amides is 1. The van der Waals surface area contributed by atoms with Crippen LogP contribution in [-0.2, 0) is 9.53 Å². The minimum absolute atomic E-state index is 0.344. The van der Waals surface area contributed by atoms with E-state index in [2.05, 4.69) is 5.32 Å².